The number of fused-ring (bicyclic) bond motifs is 12. The van der Waals surface area contributed by atoms with Crippen LogP contribution in [0.2, 0.25) is 0 Å². The highest BCUT2D eigenvalue weighted by Gasteiger charge is 2.19. The van der Waals surface area contributed by atoms with Crippen LogP contribution in [0.5, 0.6) is 0 Å². The maximum Gasteiger partial charge on any atom is 0.147 e. The molecule has 2 aromatic heterocycles. The fourth-order valence-electron chi connectivity index (χ4n) is 9.00. The van der Waals surface area contributed by atoms with Crippen molar-refractivity contribution in [1.29, 1.82) is 0 Å². The number of hydrogen-bond acceptors (Lipinski definition) is 2. The first kappa shape index (κ1) is 29.4. The third kappa shape index (κ3) is 4.17. The van der Waals surface area contributed by atoms with Gasteiger partial charge in [-0.1, -0.05) is 152 Å². The predicted molar refractivity (Wildman–Crippen MR) is 227 cm³/mol. The molecule has 0 spiro atoms. The van der Waals surface area contributed by atoms with Gasteiger partial charge in [0.15, 0.2) is 0 Å². The molecule has 0 aliphatic carbocycles. The molecule has 0 fully saturated rings. The van der Waals surface area contributed by atoms with Crippen molar-refractivity contribution in [2.45, 2.75) is 0 Å². The quantitative estimate of drug-likeness (QED) is 0.173. The largest absolute Gasteiger partial charge is 0.455 e. The van der Waals surface area contributed by atoms with Crippen LogP contribution >= 0.6 is 0 Å². The summed E-state index contributed by atoms with van der Waals surface area (Å²) in [5.41, 5.74) is 10.8. The van der Waals surface area contributed by atoms with Gasteiger partial charge in [-0.3, -0.25) is 0 Å². The summed E-state index contributed by atoms with van der Waals surface area (Å²) in [4.78, 5) is 0. The summed E-state index contributed by atoms with van der Waals surface area (Å²) >= 11 is 0. The van der Waals surface area contributed by atoms with Gasteiger partial charge in [-0.15, -0.1) is 0 Å². The van der Waals surface area contributed by atoms with E-state index in [0.717, 1.165) is 65.8 Å². The minimum Gasteiger partial charge on any atom is -0.455 e. The first-order valence-electron chi connectivity index (χ1n) is 18.5. The Kier molecular flexibility index (Phi) is 6.09. The van der Waals surface area contributed by atoms with Crippen LogP contribution in [0, 0.1) is 0 Å². The average Bonchev–Trinajstić information content (AvgIpc) is 3.81. The van der Waals surface area contributed by atoms with Crippen LogP contribution < -0.4 is 0 Å². The predicted octanol–water partition coefficient (Wildman–Crippen LogP) is 15.1. The maximum absolute atomic E-state index is 6.62. The second-order valence-electron chi connectivity index (χ2n) is 14.3. The van der Waals surface area contributed by atoms with Crippen molar-refractivity contribution >= 4 is 87.0 Å². The van der Waals surface area contributed by atoms with E-state index in [2.05, 4.69) is 170 Å². The van der Waals surface area contributed by atoms with Crippen LogP contribution in [0.3, 0.4) is 0 Å². The van der Waals surface area contributed by atoms with E-state index in [-0.39, 0.29) is 0 Å². The molecule has 0 amide bonds. The molecule has 0 aliphatic rings. The zero-order valence-electron chi connectivity index (χ0n) is 29.1. The van der Waals surface area contributed by atoms with Crippen molar-refractivity contribution in [3.63, 3.8) is 0 Å². The first-order valence-corrected chi connectivity index (χ1v) is 18.5. The second kappa shape index (κ2) is 11.2. The van der Waals surface area contributed by atoms with Gasteiger partial charge in [0.05, 0.1) is 5.39 Å². The molecule has 2 heterocycles. The van der Waals surface area contributed by atoms with Gasteiger partial charge in [0.25, 0.3) is 0 Å². The summed E-state index contributed by atoms with van der Waals surface area (Å²) in [5, 5.41) is 14.1. The lowest BCUT2D eigenvalue weighted by molar-refractivity contribution is 0.663. The number of benzene rings is 10. The Morgan fingerprint density at radius 2 is 0.796 bits per heavy atom. The van der Waals surface area contributed by atoms with E-state index >= 15 is 0 Å². The molecule has 10 aromatic carbocycles. The van der Waals surface area contributed by atoms with Gasteiger partial charge in [-0.2, -0.15) is 0 Å². The molecular weight excluding hydrogens is 657 g/mol. The minimum atomic E-state index is 0.866. The molecule has 2 nitrogen and oxygen atoms in total. The zero-order valence-corrected chi connectivity index (χ0v) is 29.1. The molecule has 0 aliphatic heterocycles. The Morgan fingerprint density at radius 3 is 1.50 bits per heavy atom. The van der Waals surface area contributed by atoms with Crippen molar-refractivity contribution in [2.75, 3.05) is 0 Å². The van der Waals surface area contributed by atoms with Crippen LogP contribution in [-0.4, -0.2) is 0 Å². The Bertz CT molecular complexity index is 3430. The number of hydrogen-bond donors (Lipinski definition) is 0. The summed E-state index contributed by atoms with van der Waals surface area (Å²) in [6.07, 6.45) is 0. The van der Waals surface area contributed by atoms with E-state index < -0.39 is 0 Å². The molecule has 0 atom stereocenters. The normalized spacial score (nSPS) is 12.1. The monoisotopic (exact) mass is 686 g/mol. The Morgan fingerprint density at radius 1 is 0.278 bits per heavy atom. The van der Waals surface area contributed by atoms with Crippen LogP contribution in [0.4, 0.5) is 0 Å². The standard InChI is InChI=1S/C52H30O2/c1-2-12-36-32(10-1)11-9-18-38(36)50-41-16-5-3-14-39(41)48(40-15-4-6-17-42(40)50)33-22-20-31(21-23-33)35-26-29-47-45(30-35)44-28-25-34-24-27-43-37-13-7-8-19-46(37)53-51(43)49(34)52(44)54-47/h1-30H. The first-order chi connectivity index (χ1) is 26.8. The highest BCUT2D eigenvalue weighted by Crippen LogP contribution is 2.46. The van der Waals surface area contributed by atoms with Gasteiger partial charge in [-0.05, 0) is 101 Å². The van der Waals surface area contributed by atoms with E-state index in [1.54, 1.807) is 0 Å². The summed E-state index contributed by atoms with van der Waals surface area (Å²) in [6, 6.07) is 65.7. The van der Waals surface area contributed by atoms with Crippen molar-refractivity contribution in [1.82, 2.24) is 0 Å². The third-order valence-corrected chi connectivity index (χ3v) is 11.5. The van der Waals surface area contributed by atoms with Crippen LogP contribution in [0.25, 0.3) is 120 Å². The molecule has 0 bridgehead atoms. The smallest absolute Gasteiger partial charge is 0.147 e. The molecule has 250 valence electrons. The van der Waals surface area contributed by atoms with Crippen LogP contribution in [0.1, 0.15) is 0 Å². The van der Waals surface area contributed by atoms with Crippen LogP contribution in [-0.2, 0) is 0 Å². The summed E-state index contributed by atoms with van der Waals surface area (Å²) in [5.74, 6) is 0. The topological polar surface area (TPSA) is 26.3 Å². The number of furan rings is 2. The van der Waals surface area contributed by atoms with Gasteiger partial charge in [-0.25, -0.2) is 0 Å². The van der Waals surface area contributed by atoms with Crippen molar-refractivity contribution < 1.29 is 8.83 Å². The van der Waals surface area contributed by atoms with Crippen molar-refractivity contribution in [3.05, 3.63) is 182 Å². The fourth-order valence-corrected chi connectivity index (χ4v) is 9.00. The molecule has 2 heteroatoms. The lowest BCUT2D eigenvalue weighted by Crippen LogP contribution is -1.91. The van der Waals surface area contributed by atoms with Crippen LogP contribution in [0.15, 0.2) is 191 Å². The zero-order chi connectivity index (χ0) is 35.3. The Hall–Kier alpha value is -7.16. The summed E-state index contributed by atoms with van der Waals surface area (Å²) in [6.45, 7) is 0. The molecule has 12 rings (SSSR count). The highest BCUT2D eigenvalue weighted by molar-refractivity contribution is 6.26. The van der Waals surface area contributed by atoms with Crippen molar-refractivity contribution in [3.8, 4) is 33.4 Å². The van der Waals surface area contributed by atoms with E-state index in [1.165, 1.54) is 54.6 Å². The van der Waals surface area contributed by atoms with E-state index in [4.69, 9.17) is 8.83 Å². The number of rotatable bonds is 3. The minimum absolute atomic E-state index is 0.866. The summed E-state index contributed by atoms with van der Waals surface area (Å²) in [7, 11) is 0. The molecule has 12 aromatic rings. The molecule has 0 saturated heterocycles. The van der Waals surface area contributed by atoms with Gasteiger partial charge < -0.3 is 8.83 Å². The molecular formula is C52H30O2. The highest BCUT2D eigenvalue weighted by atomic mass is 16.3. The van der Waals surface area contributed by atoms with E-state index in [0.29, 0.717) is 0 Å². The Labute approximate surface area is 310 Å². The molecule has 0 unspecified atom stereocenters. The van der Waals surface area contributed by atoms with Gasteiger partial charge >= 0.3 is 0 Å². The second-order valence-corrected chi connectivity index (χ2v) is 14.3. The molecule has 54 heavy (non-hydrogen) atoms. The maximum atomic E-state index is 6.62. The molecule has 0 radical (unpaired) electrons. The van der Waals surface area contributed by atoms with Gasteiger partial charge in [0.2, 0.25) is 0 Å². The fraction of sp³-hybridized carbons (Fsp3) is 0. The molecule has 0 N–H and O–H groups in total. The Balaban J connectivity index is 1.01. The summed E-state index contributed by atoms with van der Waals surface area (Å²) < 4.78 is 13.1. The SMILES string of the molecule is c1ccc2c(-c3c4ccccc4c(-c4ccc(-c5ccc6oc7c(ccc8ccc9c%10ccccc%10oc9c87)c6c5)cc4)c4ccccc34)cccc2c1. The van der Waals surface area contributed by atoms with E-state index in [9.17, 15) is 0 Å². The average molecular weight is 687 g/mol. The van der Waals surface area contributed by atoms with Crippen molar-refractivity contribution in [2.24, 2.45) is 0 Å². The lowest BCUT2D eigenvalue weighted by Gasteiger charge is -2.19. The van der Waals surface area contributed by atoms with Gasteiger partial charge in [0.1, 0.15) is 22.3 Å². The molecule has 0 saturated carbocycles. The third-order valence-electron chi connectivity index (χ3n) is 11.5. The lowest BCUT2D eigenvalue weighted by atomic mass is 9.84. The van der Waals surface area contributed by atoms with E-state index in [1.807, 2.05) is 12.1 Å². The number of para-hydroxylation sites is 1. The van der Waals surface area contributed by atoms with Gasteiger partial charge in [0, 0.05) is 21.5 Å².